The second-order valence-electron chi connectivity index (χ2n) is 6.43. The zero-order chi connectivity index (χ0) is 17.1. The highest BCUT2D eigenvalue weighted by Crippen LogP contribution is 2.17. The number of benzene rings is 1. The van der Waals surface area contributed by atoms with Gasteiger partial charge in [0.1, 0.15) is 0 Å². The van der Waals surface area contributed by atoms with E-state index >= 15 is 0 Å². The molecule has 1 aromatic heterocycles. The maximum absolute atomic E-state index is 12.2. The van der Waals surface area contributed by atoms with Crippen LogP contribution in [-0.2, 0) is 24.8 Å². The van der Waals surface area contributed by atoms with Gasteiger partial charge in [-0.3, -0.25) is 9.48 Å². The summed E-state index contributed by atoms with van der Waals surface area (Å²) < 4.78 is 1.88. The topological polar surface area (TPSA) is 46.9 Å². The number of hydrogen-bond donors (Lipinski definition) is 1. The molecule has 2 rings (SSSR count). The smallest absolute Gasteiger partial charge is 0.220 e. The molecular formula is C19H27N3O. The number of nitrogens with zero attached hydrogens (tertiary/aromatic N) is 2. The molecule has 1 aromatic carbocycles. The molecular weight excluding hydrogens is 286 g/mol. The van der Waals surface area contributed by atoms with Gasteiger partial charge in [-0.2, -0.15) is 5.10 Å². The van der Waals surface area contributed by atoms with Crippen LogP contribution in [0.25, 0.3) is 0 Å². The molecule has 1 amide bonds. The van der Waals surface area contributed by atoms with E-state index < -0.39 is 0 Å². The van der Waals surface area contributed by atoms with Crippen molar-refractivity contribution in [3.05, 3.63) is 51.3 Å². The largest absolute Gasteiger partial charge is 0.352 e. The number of hydrogen-bond acceptors (Lipinski definition) is 2. The lowest BCUT2D eigenvalue weighted by atomic mass is 10.00. The molecule has 1 heterocycles. The van der Waals surface area contributed by atoms with Crippen molar-refractivity contribution in [3.8, 4) is 0 Å². The van der Waals surface area contributed by atoms with Gasteiger partial charge in [0, 0.05) is 25.7 Å². The van der Waals surface area contributed by atoms with Crippen molar-refractivity contribution in [1.29, 1.82) is 0 Å². The number of amides is 1. The number of carbonyl (C=O) groups excluding carboxylic acids is 1. The van der Waals surface area contributed by atoms with Gasteiger partial charge in [-0.15, -0.1) is 0 Å². The lowest BCUT2D eigenvalue weighted by Gasteiger charge is -2.12. The molecule has 0 spiro atoms. The van der Waals surface area contributed by atoms with Crippen LogP contribution in [0.5, 0.6) is 0 Å². The minimum absolute atomic E-state index is 0.0898. The lowest BCUT2D eigenvalue weighted by molar-refractivity contribution is -0.121. The Morgan fingerprint density at radius 2 is 1.70 bits per heavy atom. The summed E-state index contributed by atoms with van der Waals surface area (Å²) >= 11 is 0. The fourth-order valence-corrected chi connectivity index (χ4v) is 3.18. The quantitative estimate of drug-likeness (QED) is 0.921. The highest BCUT2D eigenvalue weighted by atomic mass is 16.1. The molecule has 4 nitrogen and oxygen atoms in total. The van der Waals surface area contributed by atoms with Crippen LogP contribution in [0, 0.1) is 34.6 Å². The van der Waals surface area contributed by atoms with E-state index in [1.54, 1.807) is 0 Å². The molecule has 23 heavy (non-hydrogen) atoms. The number of carbonyl (C=O) groups is 1. The van der Waals surface area contributed by atoms with Gasteiger partial charge in [0.05, 0.1) is 5.69 Å². The molecule has 1 N–H and O–H groups in total. The predicted molar refractivity (Wildman–Crippen MR) is 93.5 cm³/mol. The Balaban J connectivity index is 1.93. The molecule has 2 aromatic rings. The fraction of sp³-hybridized carbons (Fsp3) is 0.474. The first kappa shape index (κ1) is 17.3. The number of aryl methyl sites for hydroxylation is 5. The number of nitrogens with one attached hydrogen (secondary N) is 1. The Bertz CT molecular complexity index is 705. The number of rotatable bonds is 5. The van der Waals surface area contributed by atoms with Gasteiger partial charge in [0.2, 0.25) is 5.91 Å². The van der Waals surface area contributed by atoms with Gasteiger partial charge in [0.25, 0.3) is 0 Å². The van der Waals surface area contributed by atoms with Crippen molar-refractivity contribution >= 4 is 5.91 Å². The van der Waals surface area contributed by atoms with Crippen LogP contribution in [0.15, 0.2) is 12.1 Å². The van der Waals surface area contributed by atoms with Crippen LogP contribution in [0.4, 0.5) is 0 Å². The van der Waals surface area contributed by atoms with E-state index in [1.807, 2.05) is 25.6 Å². The molecule has 0 atom stereocenters. The summed E-state index contributed by atoms with van der Waals surface area (Å²) in [6, 6.07) is 4.33. The average Bonchev–Trinajstić information content (AvgIpc) is 2.69. The Kier molecular flexibility index (Phi) is 5.24. The van der Waals surface area contributed by atoms with Crippen molar-refractivity contribution in [3.63, 3.8) is 0 Å². The zero-order valence-corrected chi connectivity index (χ0v) is 15.1. The van der Waals surface area contributed by atoms with E-state index in [1.165, 1.54) is 27.8 Å². The maximum Gasteiger partial charge on any atom is 0.220 e. The third-order valence-electron chi connectivity index (χ3n) is 4.56. The van der Waals surface area contributed by atoms with E-state index in [9.17, 15) is 4.79 Å². The molecule has 0 saturated carbocycles. The van der Waals surface area contributed by atoms with Crippen molar-refractivity contribution in [1.82, 2.24) is 15.1 Å². The first-order valence-corrected chi connectivity index (χ1v) is 8.12. The summed E-state index contributed by atoms with van der Waals surface area (Å²) in [5.74, 6) is 0.0898. The molecule has 4 heteroatoms. The lowest BCUT2D eigenvalue weighted by Crippen LogP contribution is -2.24. The van der Waals surface area contributed by atoms with Crippen LogP contribution < -0.4 is 5.32 Å². The first-order chi connectivity index (χ1) is 10.8. The third kappa shape index (κ3) is 4.01. The summed E-state index contributed by atoms with van der Waals surface area (Å²) in [6.07, 6.45) is 1.24. The van der Waals surface area contributed by atoms with Crippen LogP contribution in [0.2, 0.25) is 0 Å². The SMILES string of the molecule is Cc1cc(C)c(CNC(=O)CCc2c(C)nn(C)c2C)c(C)c1. The second kappa shape index (κ2) is 6.99. The summed E-state index contributed by atoms with van der Waals surface area (Å²) in [5.41, 5.74) is 8.30. The van der Waals surface area contributed by atoms with E-state index in [0.29, 0.717) is 13.0 Å². The van der Waals surface area contributed by atoms with Crippen molar-refractivity contribution in [2.45, 2.75) is 54.0 Å². The molecule has 0 aliphatic heterocycles. The van der Waals surface area contributed by atoms with Gasteiger partial charge < -0.3 is 5.32 Å². The Morgan fingerprint density at radius 1 is 1.09 bits per heavy atom. The second-order valence-corrected chi connectivity index (χ2v) is 6.43. The minimum atomic E-state index is 0.0898. The molecule has 0 bridgehead atoms. The zero-order valence-electron chi connectivity index (χ0n) is 15.1. The Morgan fingerprint density at radius 3 is 2.22 bits per heavy atom. The van der Waals surface area contributed by atoms with E-state index in [4.69, 9.17) is 0 Å². The van der Waals surface area contributed by atoms with Crippen LogP contribution in [0.3, 0.4) is 0 Å². The van der Waals surface area contributed by atoms with E-state index in [-0.39, 0.29) is 5.91 Å². The molecule has 0 aliphatic rings. The van der Waals surface area contributed by atoms with E-state index in [2.05, 4.69) is 43.3 Å². The van der Waals surface area contributed by atoms with E-state index in [0.717, 1.165) is 17.8 Å². The molecule has 124 valence electrons. The molecule has 0 aliphatic carbocycles. The molecule has 0 radical (unpaired) electrons. The third-order valence-corrected chi connectivity index (χ3v) is 4.56. The standard InChI is InChI=1S/C19H27N3O/c1-12-9-13(2)18(14(3)10-12)11-20-19(23)8-7-17-15(4)21-22(6)16(17)5/h9-10H,7-8,11H2,1-6H3,(H,20,23). The van der Waals surface area contributed by atoms with Gasteiger partial charge in [-0.25, -0.2) is 0 Å². The van der Waals surface area contributed by atoms with Crippen LogP contribution in [-0.4, -0.2) is 15.7 Å². The average molecular weight is 313 g/mol. The van der Waals surface area contributed by atoms with Gasteiger partial charge in [-0.05, 0) is 63.3 Å². The summed E-state index contributed by atoms with van der Waals surface area (Å²) in [4.78, 5) is 12.2. The van der Waals surface area contributed by atoms with Crippen LogP contribution >= 0.6 is 0 Å². The predicted octanol–water partition coefficient (Wildman–Crippen LogP) is 3.21. The maximum atomic E-state index is 12.2. The highest BCUT2D eigenvalue weighted by molar-refractivity contribution is 5.76. The molecule has 0 saturated heterocycles. The summed E-state index contributed by atoms with van der Waals surface area (Å²) in [6.45, 7) is 10.9. The van der Waals surface area contributed by atoms with Gasteiger partial charge >= 0.3 is 0 Å². The normalized spacial score (nSPS) is 10.9. The molecule has 0 unspecified atom stereocenters. The van der Waals surface area contributed by atoms with Crippen LogP contribution in [0.1, 0.15) is 45.6 Å². The number of aromatic nitrogens is 2. The van der Waals surface area contributed by atoms with Crippen molar-refractivity contribution in [2.75, 3.05) is 0 Å². The Labute approximate surface area is 138 Å². The van der Waals surface area contributed by atoms with Gasteiger partial charge in [-0.1, -0.05) is 17.7 Å². The highest BCUT2D eigenvalue weighted by Gasteiger charge is 2.12. The van der Waals surface area contributed by atoms with Crippen molar-refractivity contribution in [2.24, 2.45) is 7.05 Å². The Hall–Kier alpha value is -2.10. The summed E-state index contributed by atoms with van der Waals surface area (Å²) in [5, 5.41) is 7.45. The first-order valence-electron chi connectivity index (χ1n) is 8.12. The minimum Gasteiger partial charge on any atom is -0.352 e. The molecule has 0 fully saturated rings. The summed E-state index contributed by atoms with van der Waals surface area (Å²) in [7, 11) is 1.94. The monoisotopic (exact) mass is 313 g/mol. The fourth-order valence-electron chi connectivity index (χ4n) is 3.18. The van der Waals surface area contributed by atoms with Crippen molar-refractivity contribution < 1.29 is 4.79 Å². The van der Waals surface area contributed by atoms with Gasteiger partial charge in [0.15, 0.2) is 0 Å².